The van der Waals surface area contributed by atoms with Gasteiger partial charge in [0.2, 0.25) is 0 Å². The smallest absolute Gasteiger partial charge is 0.161 e. The highest BCUT2D eigenvalue weighted by molar-refractivity contribution is 14.1. The number of hydrogen-bond acceptors (Lipinski definition) is 5. The third kappa shape index (κ3) is 2.76. The third-order valence-corrected chi connectivity index (χ3v) is 4.43. The number of halogens is 1. The maximum Gasteiger partial charge on any atom is 0.161 e. The van der Waals surface area contributed by atoms with Crippen molar-refractivity contribution in [3.8, 4) is 11.5 Å². The lowest BCUT2D eigenvalue weighted by Gasteiger charge is -2.30. The molecule has 0 saturated carbocycles. The Morgan fingerprint density at radius 3 is 2.52 bits per heavy atom. The van der Waals surface area contributed by atoms with E-state index >= 15 is 0 Å². The molecule has 0 atom stereocenters. The zero-order chi connectivity index (χ0) is 14.8. The molecule has 0 N–H and O–H groups in total. The number of nitrogens with zero attached hydrogens (tertiary/aromatic N) is 3. The lowest BCUT2D eigenvalue weighted by Crippen LogP contribution is -2.31. The van der Waals surface area contributed by atoms with Crippen LogP contribution in [0.25, 0.3) is 0 Å². The molecule has 1 aliphatic rings. The number of benzene rings is 1. The first-order chi connectivity index (χ1) is 10.2. The number of anilines is 1. The van der Waals surface area contributed by atoms with Crippen molar-refractivity contribution < 1.29 is 9.47 Å². The van der Waals surface area contributed by atoms with E-state index < -0.39 is 0 Å². The first-order valence-corrected chi connectivity index (χ1v) is 7.75. The Balaban J connectivity index is 1.93. The number of hydrogen-bond donors (Lipinski definition) is 0. The number of rotatable bonds is 3. The molecule has 0 fully saturated rings. The van der Waals surface area contributed by atoms with Crippen LogP contribution in [0.3, 0.4) is 0 Å². The van der Waals surface area contributed by atoms with Crippen LogP contribution in [0.2, 0.25) is 0 Å². The van der Waals surface area contributed by atoms with Crippen LogP contribution in [0.5, 0.6) is 11.5 Å². The second-order valence-electron chi connectivity index (χ2n) is 4.84. The molecule has 1 aromatic carbocycles. The van der Waals surface area contributed by atoms with E-state index in [1.54, 1.807) is 20.5 Å². The number of aromatic nitrogens is 2. The van der Waals surface area contributed by atoms with Crippen molar-refractivity contribution in [3.05, 3.63) is 39.4 Å². The van der Waals surface area contributed by atoms with Gasteiger partial charge in [-0.2, -0.15) is 0 Å². The highest BCUT2D eigenvalue weighted by Crippen LogP contribution is 2.34. The molecule has 1 aliphatic heterocycles. The topological polar surface area (TPSA) is 47.5 Å². The van der Waals surface area contributed by atoms with Crippen molar-refractivity contribution >= 4 is 28.4 Å². The largest absolute Gasteiger partial charge is 0.493 e. The first kappa shape index (κ1) is 14.4. The summed E-state index contributed by atoms with van der Waals surface area (Å²) in [5, 5.41) is 0. The molecule has 0 radical (unpaired) electrons. The Bertz CT molecular complexity index is 663. The molecule has 0 saturated heterocycles. The van der Waals surface area contributed by atoms with Gasteiger partial charge in [0.1, 0.15) is 12.1 Å². The van der Waals surface area contributed by atoms with Gasteiger partial charge in [-0.25, -0.2) is 9.97 Å². The average Bonchev–Trinajstić information content (AvgIpc) is 2.53. The van der Waals surface area contributed by atoms with Crippen LogP contribution in [-0.4, -0.2) is 30.7 Å². The lowest BCUT2D eigenvalue weighted by molar-refractivity contribution is 0.353. The second-order valence-corrected chi connectivity index (χ2v) is 6.00. The summed E-state index contributed by atoms with van der Waals surface area (Å²) >= 11 is 2.28. The van der Waals surface area contributed by atoms with Gasteiger partial charge in [0.25, 0.3) is 0 Å². The lowest BCUT2D eigenvalue weighted by atomic mass is 9.99. The van der Waals surface area contributed by atoms with Crippen LogP contribution in [0.1, 0.15) is 11.1 Å². The van der Waals surface area contributed by atoms with Gasteiger partial charge in [-0.3, -0.25) is 0 Å². The van der Waals surface area contributed by atoms with Gasteiger partial charge in [0.05, 0.1) is 17.8 Å². The molecule has 0 aliphatic carbocycles. The van der Waals surface area contributed by atoms with Gasteiger partial charge in [-0.15, -0.1) is 0 Å². The van der Waals surface area contributed by atoms with Crippen LogP contribution in [0.4, 0.5) is 5.82 Å². The fourth-order valence-corrected chi connectivity index (χ4v) is 3.24. The Morgan fingerprint density at radius 1 is 1.14 bits per heavy atom. The minimum absolute atomic E-state index is 0.774. The van der Waals surface area contributed by atoms with Crippen LogP contribution in [-0.2, 0) is 13.0 Å². The van der Waals surface area contributed by atoms with E-state index in [9.17, 15) is 0 Å². The van der Waals surface area contributed by atoms with Gasteiger partial charge in [-0.05, 0) is 52.3 Å². The van der Waals surface area contributed by atoms with Gasteiger partial charge in [0, 0.05) is 19.3 Å². The summed E-state index contributed by atoms with van der Waals surface area (Å²) < 4.78 is 11.8. The maximum atomic E-state index is 5.40. The van der Waals surface area contributed by atoms with E-state index in [0.717, 1.165) is 40.4 Å². The van der Waals surface area contributed by atoms with Gasteiger partial charge < -0.3 is 14.4 Å². The zero-order valence-corrected chi connectivity index (χ0v) is 14.1. The van der Waals surface area contributed by atoms with Crippen LogP contribution >= 0.6 is 22.6 Å². The quantitative estimate of drug-likeness (QED) is 0.746. The first-order valence-electron chi connectivity index (χ1n) is 6.67. The van der Waals surface area contributed by atoms with E-state index in [-0.39, 0.29) is 0 Å². The van der Waals surface area contributed by atoms with Gasteiger partial charge in [-0.1, -0.05) is 0 Å². The van der Waals surface area contributed by atoms with Crippen molar-refractivity contribution in [2.45, 2.75) is 13.0 Å². The summed E-state index contributed by atoms with van der Waals surface area (Å²) in [6, 6.07) is 4.14. The normalized spacial score (nSPS) is 13.8. The third-order valence-electron chi connectivity index (χ3n) is 3.67. The molecule has 1 aromatic heterocycles. The Labute approximate surface area is 137 Å². The molecule has 2 heterocycles. The van der Waals surface area contributed by atoms with Gasteiger partial charge in [0.15, 0.2) is 11.5 Å². The van der Waals surface area contributed by atoms with Crippen LogP contribution < -0.4 is 14.4 Å². The fourth-order valence-electron chi connectivity index (χ4n) is 2.60. The van der Waals surface area contributed by atoms with E-state index in [0.29, 0.717) is 0 Å². The van der Waals surface area contributed by atoms with E-state index in [4.69, 9.17) is 9.47 Å². The summed E-state index contributed by atoms with van der Waals surface area (Å²) in [6.07, 6.45) is 4.41. The van der Waals surface area contributed by atoms with E-state index in [1.165, 1.54) is 11.1 Å². The molecule has 6 heteroatoms. The monoisotopic (exact) mass is 397 g/mol. The molecular weight excluding hydrogens is 381 g/mol. The standard InChI is InChI=1S/C15H16IN3O2/c1-20-13-5-10-3-4-19(8-11(10)6-14(13)21-2)15-12(16)7-17-9-18-15/h5-7,9H,3-4,8H2,1-2H3. The summed E-state index contributed by atoms with van der Waals surface area (Å²) in [4.78, 5) is 10.7. The summed E-state index contributed by atoms with van der Waals surface area (Å²) in [5.74, 6) is 2.56. The minimum atomic E-state index is 0.774. The van der Waals surface area contributed by atoms with Crippen LogP contribution in [0.15, 0.2) is 24.7 Å². The SMILES string of the molecule is COc1cc2c(cc1OC)CN(c1ncncc1I)CC2. The summed E-state index contributed by atoms with van der Waals surface area (Å²) in [6.45, 7) is 1.76. The summed E-state index contributed by atoms with van der Waals surface area (Å²) in [5.41, 5.74) is 2.57. The molecule has 0 bridgehead atoms. The Morgan fingerprint density at radius 2 is 1.86 bits per heavy atom. The molecule has 0 amide bonds. The number of ether oxygens (including phenoxy) is 2. The number of fused-ring (bicyclic) bond motifs is 1. The molecular formula is C15H16IN3O2. The molecule has 2 aromatic rings. The Kier molecular flexibility index (Phi) is 4.14. The van der Waals surface area contributed by atoms with E-state index in [2.05, 4.69) is 49.6 Å². The highest BCUT2D eigenvalue weighted by Gasteiger charge is 2.21. The molecule has 110 valence electrons. The fraction of sp³-hybridized carbons (Fsp3) is 0.333. The summed E-state index contributed by atoms with van der Waals surface area (Å²) in [7, 11) is 3.33. The van der Waals surface area contributed by atoms with Crippen molar-refractivity contribution in [3.63, 3.8) is 0 Å². The van der Waals surface area contributed by atoms with Crippen LogP contribution in [0, 0.1) is 3.57 Å². The minimum Gasteiger partial charge on any atom is -0.493 e. The predicted molar refractivity (Wildman–Crippen MR) is 89.0 cm³/mol. The van der Waals surface area contributed by atoms with Gasteiger partial charge >= 0.3 is 0 Å². The second kappa shape index (κ2) is 6.05. The molecule has 0 unspecified atom stereocenters. The van der Waals surface area contributed by atoms with Crippen molar-refractivity contribution in [1.82, 2.24) is 9.97 Å². The molecule has 0 spiro atoms. The Hall–Kier alpha value is -1.57. The van der Waals surface area contributed by atoms with E-state index in [1.807, 2.05) is 6.20 Å². The predicted octanol–water partition coefficient (Wildman–Crippen LogP) is 2.66. The van der Waals surface area contributed by atoms with Crippen molar-refractivity contribution in [1.29, 1.82) is 0 Å². The molecule has 21 heavy (non-hydrogen) atoms. The average molecular weight is 397 g/mol. The zero-order valence-electron chi connectivity index (χ0n) is 12.0. The van der Waals surface area contributed by atoms with Crippen molar-refractivity contribution in [2.75, 3.05) is 25.7 Å². The number of methoxy groups -OCH3 is 2. The highest BCUT2D eigenvalue weighted by atomic mass is 127. The molecule has 3 rings (SSSR count). The maximum absolute atomic E-state index is 5.40. The van der Waals surface area contributed by atoms with Crippen molar-refractivity contribution in [2.24, 2.45) is 0 Å². The molecule has 5 nitrogen and oxygen atoms in total.